The first-order valence-corrected chi connectivity index (χ1v) is 8.21. The van der Waals surface area contributed by atoms with Gasteiger partial charge >= 0.3 is 0 Å². The Labute approximate surface area is 131 Å². The topological polar surface area (TPSA) is 39.9 Å². The van der Waals surface area contributed by atoms with Gasteiger partial charge in [0.2, 0.25) is 0 Å². The van der Waals surface area contributed by atoms with Crippen molar-refractivity contribution >= 4 is 33.1 Å². The second kappa shape index (κ2) is 5.55. The predicted octanol–water partition coefficient (Wildman–Crippen LogP) is 3.90. The van der Waals surface area contributed by atoms with Crippen molar-refractivity contribution in [1.29, 1.82) is 5.26 Å². The molecular weight excluding hydrogens is 334 g/mol. The van der Waals surface area contributed by atoms with Crippen LogP contribution in [0.25, 0.3) is 0 Å². The van der Waals surface area contributed by atoms with Crippen LogP contribution in [0.1, 0.15) is 28.1 Å². The van der Waals surface area contributed by atoms with Crippen molar-refractivity contribution < 1.29 is 0 Å². The molecule has 0 unspecified atom stereocenters. The maximum absolute atomic E-state index is 9.35. The Bertz CT molecular complexity index is 687. The fraction of sp³-hybridized carbons (Fsp3) is 0.333. The lowest BCUT2D eigenvalue weighted by Crippen LogP contribution is -2.19. The number of hydrogen-bond donors (Lipinski definition) is 0. The van der Waals surface area contributed by atoms with Gasteiger partial charge < -0.3 is 4.90 Å². The minimum Gasteiger partial charge on any atom is -0.353 e. The van der Waals surface area contributed by atoms with Gasteiger partial charge in [0.15, 0.2) is 0 Å². The molecule has 0 fully saturated rings. The number of halogens is 1. The molecule has 2 aromatic heterocycles. The number of anilines is 1. The van der Waals surface area contributed by atoms with Gasteiger partial charge in [-0.1, -0.05) is 0 Å². The SMILES string of the molecule is CN(Cc1cc(Br)cs1)c1nc2c(cc1C#N)CCC2. The lowest BCUT2D eigenvalue weighted by molar-refractivity contribution is 0.878. The van der Waals surface area contributed by atoms with Crippen molar-refractivity contribution in [1.82, 2.24) is 4.98 Å². The lowest BCUT2D eigenvalue weighted by Gasteiger charge is -2.19. The average molecular weight is 348 g/mol. The number of aromatic nitrogens is 1. The number of rotatable bonds is 3. The first-order valence-electron chi connectivity index (χ1n) is 6.54. The quantitative estimate of drug-likeness (QED) is 0.845. The number of fused-ring (bicyclic) bond motifs is 1. The molecular formula is C15H14BrN3S. The molecule has 0 N–H and O–H groups in total. The molecule has 0 amide bonds. The van der Waals surface area contributed by atoms with Gasteiger partial charge in [0.1, 0.15) is 11.9 Å². The van der Waals surface area contributed by atoms with Crippen LogP contribution in [0, 0.1) is 11.3 Å². The van der Waals surface area contributed by atoms with E-state index in [4.69, 9.17) is 4.98 Å². The lowest BCUT2D eigenvalue weighted by atomic mass is 10.1. The molecule has 1 aliphatic rings. The zero-order chi connectivity index (χ0) is 14.1. The van der Waals surface area contributed by atoms with Crippen LogP contribution >= 0.6 is 27.3 Å². The van der Waals surface area contributed by atoms with Gasteiger partial charge in [-0.2, -0.15) is 5.26 Å². The van der Waals surface area contributed by atoms with Crippen LogP contribution in [0.5, 0.6) is 0 Å². The molecule has 0 saturated heterocycles. The number of nitriles is 1. The number of nitrogens with zero attached hydrogens (tertiary/aromatic N) is 3. The van der Waals surface area contributed by atoms with Crippen molar-refractivity contribution in [3.8, 4) is 6.07 Å². The van der Waals surface area contributed by atoms with Crippen molar-refractivity contribution in [2.75, 3.05) is 11.9 Å². The minimum atomic E-state index is 0.684. The number of pyridine rings is 1. The van der Waals surface area contributed by atoms with E-state index in [0.29, 0.717) is 5.56 Å². The van der Waals surface area contributed by atoms with E-state index >= 15 is 0 Å². The highest BCUT2D eigenvalue weighted by Crippen LogP contribution is 2.28. The smallest absolute Gasteiger partial charge is 0.146 e. The third-order valence-electron chi connectivity index (χ3n) is 3.53. The summed E-state index contributed by atoms with van der Waals surface area (Å²) in [4.78, 5) is 8.04. The summed E-state index contributed by atoms with van der Waals surface area (Å²) in [6, 6.07) is 6.42. The maximum atomic E-state index is 9.35. The Kier molecular flexibility index (Phi) is 3.77. The number of hydrogen-bond acceptors (Lipinski definition) is 4. The normalized spacial score (nSPS) is 13.1. The molecule has 1 aliphatic carbocycles. The van der Waals surface area contributed by atoms with Crippen LogP contribution < -0.4 is 4.90 Å². The Hall–Kier alpha value is -1.38. The van der Waals surface area contributed by atoms with Crippen LogP contribution in [0.2, 0.25) is 0 Å². The number of aryl methyl sites for hydroxylation is 2. The van der Waals surface area contributed by atoms with Crippen LogP contribution in [0.3, 0.4) is 0 Å². The minimum absolute atomic E-state index is 0.684. The van der Waals surface area contributed by atoms with Gasteiger partial charge in [-0.15, -0.1) is 11.3 Å². The fourth-order valence-corrected chi connectivity index (χ4v) is 4.08. The van der Waals surface area contributed by atoms with Gasteiger partial charge in [0.25, 0.3) is 0 Å². The van der Waals surface area contributed by atoms with Gasteiger partial charge in [-0.3, -0.25) is 0 Å². The molecule has 0 saturated carbocycles. The summed E-state index contributed by atoms with van der Waals surface area (Å²) in [6.07, 6.45) is 3.24. The van der Waals surface area contributed by atoms with E-state index in [-0.39, 0.29) is 0 Å². The molecule has 0 bridgehead atoms. The van der Waals surface area contributed by atoms with Crippen LogP contribution in [-0.4, -0.2) is 12.0 Å². The molecule has 3 nitrogen and oxygen atoms in total. The first-order chi connectivity index (χ1) is 9.67. The third-order valence-corrected chi connectivity index (χ3v) is 5.21. The molecule has 102 valence electrons. The Morgan fingerprint density at radius 2 is 2.30 bits per heavy atom. The monoisotopic (exact) mass is 347 g/mol. The summed E-state index contributed by atoms with van der Waals surface area (Å²) < 4.78 is 1.10. The molecule has 20 heavy (non-hydrogen) atoms. The Morgan fingerprint density at radius 3 is 3.00 bits per heavy atom. The molecule has 0 spiro atoms. The Morgan fingerprint density at radius 1 is 1.45 bits per heavy atom. The largest absolute Gasteiger partial charge is 0.353 e. The highest BCUT2D eigenvalue weighted by Gasteiger charge is 2.18. The van der Waals surface area contributed by atoms with E-state index in [1.165, 1.54) is 16.1 Å². The summed E-state index contributed by atoms with van der Waals surface area (Å²) in [7, 11) is 2.00. The molecule has 0 aliphatic heterocycles. The molecule has 2 heterocycles. The highest BCUT2D eigenvalue weighted by molar-refractivity contribution is 9.10. The van der Waals surface area contributed by atoms with E-state index in [9.17, 15) is 5.26 Å². The summed E-state index contributed by atoms with van der Waals surface area (Å²) in [5, 5.41) is 11.4. The fourth-order valence-electron chi connectivity index (χ4n) is 2.58. The first kappa shape index (κ1) is 13.6. The van der Waals surface area contributed by atoms with E-state index in [1.54, 1.807) is 11.3 Å². The summed E-state index contributed by atoms with van der Waals surface area (Å²) in [6.45, 7) is 0.775. The second-order valence-corrected chi connectivity index (χ2v) is 6.93. The van der Waals surface area contributed by atoms with E-state index in [2.05, 4.69) is 38.3 Å². The zero-order valence-electron chi connectivity index (χ0n) is 11.2. The van der Waals surface area contributed by atoms with Crippen molar-refractivity contribution in [2.24, 2.45) is 0 Å². The summed E-state index contributed by atoms with van der Waals surface area (Å²) >= 11 is 5.18. The standard InChI is InChI=1S/C15H14BrN3S/c1-19(8-13-6-12(16)9-20-13)15-11(7-17)5-10-3-2-4-14(10)18-15/h5-6,9H,2-4,8H2,1H3. The molecule has 3 rings (SSSR count). The third kappa shape index (κ3) is 2.58. The van der Waals surface area contributed by atoms with Crippen molar-refractivity contribution in [2.45, 2.75) is 25.8 Å². The molecule has 0 aromatic carbocycles. The summed E-state index contributed by atoms with van der Waals surface area (Å²) in [5.74, 6) is 0.803. The van der Waals surface area contributed by atoms with Crippen LogP contribution in [0.4, 0.5) is 5.82 Å². The van der Waals surface area contributed by atoms with Gasteiger partial charge in [-0.25, -0.2) is 4.98 Å². The predicted molar refractivity (Wildman–Crippen MR) is 85.1 cm³/mol. The van der Waals surface area contributed by atoms with E-state index in [0.717, 1.165) is 36.1 Å². The van der Waals surface area contributed by atoms with Gasteiger partial charge in [0.05, 0.1) is 12.1 Å². The second-order valence-electron chi connectivity index (χ2n) is 5.02. The van der Waals surface area contributed by atoms with Crippen LogP contribution in [-0.2, 0) is 19.4 Å². The van der Waals surface area contributed by atoms with Gasteiger partial charge in [0, 0.05) is 27.5 Å². The molecule has 2 aromatic rings. The zero-order valence-corrected chi connectivity index (χ0v) is 13.6. The number of thiophene rings is 1. The molecule has 0 atom stereocenters. The van der Waals surface area contributed by atoms with Crippen molar-refractivity contribution in [3.63, 3.8) is 0 Å². The average Bonchev–Trinajstić information content (AvgIpc) is 3.05. The molecule has 0 radical (unpaired) electrons. The Balaban J connectivity index is 1.91. The maximum Gasteiger partial charge on any atom is 0.146 e. The summed E-state index contributed by atoms with van der Waals surface area (Å²) in [5.41, 5.74) is 3.10. The van der Waals surface area contributed by atoms with E-state index < -0.39 is 0 Å². The van der Waals surface area contributed by atoms with Crippen LogP contribution in [0.15, 0.2) is 22.0 Å². The highest BCUT2D eigenvalue weighted by atomic mass is 79.9. The van der Waals surface area contributed by atoms with Gasteiger partial charge in [-0.05, 0) is 52.9 Å². The molecule has 5 heteroatoms. The van der Waals surface area contributed by atoms with Crippen molar-refractivity contribution in [3.05, 3.63) is 43.7 Å². The van der Waals surface area contributed by atoms with E-state index in [1.807, 2.05) is 13.1 Å².